The standard InChI is InChI=1S/C22H26FN3O4S/c1-4-31(29,30)25-14-20(27)26(19-11-5-16(2)6-12-19)22(3,15-25)21(28)24-13-17-7-9-18(23)10-8-17/h5-12H,4,13-15H2,1-3H3,(H,24,28). The highest BCUT2D eigenvalue weighted by atomic mass is 32.2. The van der Waals surface area contributed by atoms with Gasteiger partial charge in [-0.15, -0.1) is 0 Å². The lowest BCUT2D eigenvalue weighted by atomic mass is 9.94. The fraction of sp³-hybridized carbons (Fsp3) is 0.364. The predicted molar refractivity (Wildman–Crippen MR) is 116 cm³/mol. The summed E-state index contributed by atoms with van der Waals surface area (Å²) in [6.07, 6.45) is 0. The zero-order valence-electron chi connectivity index (χ0n) is 17.8. The summed E-state index contributed by atoms with van der Waals surface area (Å²) in [5.74, 6) is -1.53. The molecule has 9 heteroatoms. The summed E-state index contributed by atoms with van der Waals surface area (Å²) in [4.78, 5) is 27.8. The van der Waals surface area contributed by atoms with E-state index < -0.39 is 27.4 Å². The summed E-state index contributed by atoms with van der Waals surface area (Å²) in [7, 11) is -3.68. The molecule has 7 nitrogen and oxygen atoms in total. The van der Waals surface area contributed by atoms with Gasteiger partial charge in [-0.1, -0.05) is 29.8 Å². The van der Waals surface area contributed by atoms with Gasteiger partial charge in [-0.25, -0.2) is 12.8 Å². The van der Waals surface area contributed by atoms with E-state index in [0.717, 1.165) is 9.87 Å². The van der Waals surface area contributed by atoms with Crippen molar-refractivity contribution in [3.8, 4) is 0 Å². The minimum Gasteiger partial charge on any atom is -0.350 e. The molecule has 0 saturated carbocycles. The average Bonchev–Trinajstić information content (AvgIpc) is 2.74. The van der Waals surface area contributed by atoms with Gasteiger partial charge in [0.05, 0.1) is 12.3 Å². The highest BCUT2D eigenvalue weighted by Gasteiger charge is 2.50. The molecule has 1 atom stereocenters. The molecule has 2 amide bonds. The van der Waals surface area contributed by atoms with Crippen molar-refractivity contribution < 1.29 is 22.4 Å². The topological polar surface area (TPSA) is 86.8 Å². The summed E-state index contributed by atoms with van der Waals surface area (Å²) in [6.45, 7) is 4.58. The Labute approximate surface area is 181 Å². The van der Waals surface area contributed by atoms with Crippen molar-refractivity contribution in [2.45, 2.75) is 32.9 Å². The van der Waals surface area contributed by atoms with Gasteiger partial charge in [0.1, 0.15) is 11.4 Å². The third-order valence-corrected chi connectivity index (χ3v) is 7.22. The van der Waals surface area contributed by atoms with Gasteiger partial charge < -0.3 is 5.32 Å². The lowest BCUT2D eigenvalue weighted by Gasteiger charge is -2.46. The van der Waals surface area contributed by atoms with Crippen LogP contribution in [0.3, 0.4) is 0 Å². The zero-order valence-corrected chi connectivity index (χ0v) is 18.6. The Balaban J connectivity index is 1.94. The summed E-state index contributed by atoms with van der Waals surface area (Å²) in [5.41, 5.74) is 0.724. The monoisotopic (exact) mass is 447 g/mol. The first-order valence-electron chi connectivity index (χ1n) is 9.97. The van der Waals surface area contributed by atoms with Crippen molar-refractivity contribution in [3.63, 3.8) is 0 Å². The van der Waals surface area contributed by atoms with Crippen LogP contribution >= 0.6 is 0 Å². The maximum absolute atomic E-state index is 13.3. The van der Waals surface area contributed by atoms with E-state index >= 15 is 0 Å². The maximum Gasteiger partial charge on any atom is 0.247 e. The van der Waals surface area contributed by atoms with Gasteiger partial charge >= 0.3 is 0 Å². The maximum atomic E-state index is 13.3. The van der Waals surface area contributed by atoms with Crippen molar-refractivity contribution in [2.75, 3.05) is 23.7 Å². The normalized spacial score (nSPS) is 20.0. The number of aryl methyl sites for hydroxylation is 1. The van der Waals surface area contributed by atoms with Crippen LogP contribution in [-0.4, -0.2) is 48.9 Å². The van der Waals surface area contributed by atoms with Crippen molar-refractivity contribution in [3.05, 3.63) is 65.5 Å². The molecule has 0 spiro atoms. The van der Waals surface area contributed by atoms with E-state index in [2.05, 4.69) is 5.32 Å². The van der Waals surface area contributed by atoms with Gasteiger partial charge in [0.25, 0.3) is 0 Å². The van der Waals surface area contributed by atoms with Gasteiger partial charge in [0.15, 0.2) is 0 Å². The first kappa shape index (κ1) is 22.9. The fourth-order valence-corrected chi connectivity index (χ4v) is 4.74. The van der Waals surface area contributed by atoms with Gasteiger partial charge in [0.2, 0.25) is 21.8 Å². The van der Waals surface area contributed by atoms with Crippen molar-refractivity contribution in [2.24, 2.45) is 0 Å². The summed E-state index contributed by atoms with van der Waals surface area (Å²) < 4.78 is 39.2. The third-order valence-electron chi connectivity index (χ3n) is 5.44. The Morgan fingerprint density at radius 1 is 1.13 bits per heavy atom. The van der Waals surface area contributed by atoms with Crippen LogP contribution in [0.15, 0.2) is 48.5 Å². The Morgan fingerprint density at radius 2 is 1.74 bits per heavy atom. The Hall–Kier alpha value is -2.78. The molecule has 0 aromatic heterocycles. The van der Waals surface area contributed by atoms with E-state index in [0.29, 0.717) is 11.3 Å². The molecule has 1 unspecified atom stereocenters. The van der Waals surface area contributed by atoms with E-state index in [9.17, 15) is 22.4 Å². The molecule has 1 aliphatic heterocycles. The number of nitrogens with one attached hydrogen (secondary N) is 1. The highest BCUT2D eigenvalue weighted by Crippen LogP contribution is 2.31. The second-order valence-electron chi connectivity index (χ2n) is 7.82. The number of anilines is 1. The number of hydrogen-bond acceptors (Lipinski definition) is 4. The van der Waals surface area contributed by atoms with E-state index in [4.69, 9.17) is 0 Å². The molecule has 3 rings (SSSR count). The lowest BCUT2D eigenvalue weighted by Crippen LogP contribution is -2.70. The molecule has 2 aromatic carbocycles. The molecule has 1 fully saturated rings. The van der Waals surface area contributed by atoms with Gasteiger partial charge in [0, 0.05) is 18.8 Å². The molecule has 2 aromatic rings. The number of halogens is 1. The van der Waals surface area contributed by atoms with E-state index in [1.165, 1.54) is 24.0 Å². The SMILES string of the molecule is CCS(=O)(=O)N1CC(=O)N(c2ccc(C)cc2)C(C)(C(=O)NCc2ccc(F)cc2)C1. The van der Waals surface area contributed by atoms with Crippen LogP contribution in [0.4, 0.5) is 10.1 Å². The van der Waals surface area contributed by atoms with Crippen LogP contribution in [0.5, 0.6) is 0 Å². The molecule has 0 bridgehead atoms. The third kappa shape index (κ3) is 4.77. The number of nitrogens with zero attached hydrogens (tertiary/aromatic N) is 2. The Kier molecular flexibility index (Phi) is 6.47. The van der Waals surface area contributed by atoms with Crippen LogP contribution in [-0.2, 0) is 26.2 Å². The quantitative estimate of drug-likeness (QED) is 0.736. The van der Waals surface area contributed by atoms with Crippen molar-refractivity contribution >= 4 is 27.5 Å². The van der Waals surface area contributed by atoms with E-state index in [1.807, 2.05) is 19.1 Å². The van der Waals surface area contributed by atoms with Crippen molar-refractivity contribution in [1.82, 2.24) is 9.62 Å². The zero-order chi connectivity index (χ0) is 22.8. The average molecular weight is 448 g/mol. The number of piperazine rings is 1. The molecule has 0 radical (unpaired) electrons. The number of hydrogen-bond donors (Lipinski definition) is 1. The van der Waals surface area contributed by atoms with Crippen molar-refractivity contribution in [1.29, 1.82) is 0 Å². The molecule has 1 saturated heterocycles. The molecule has 1 aliphatic rings. The largest absolute Gasteiger partial charge is 0.350 e. The molecule has 166 valence electrons. The Bertz CT molecular complexity index is 1070. The van der Waals surface area contributed by atoms with Crippen LogP contribution in [0.25, 0.3) is 0 Å². The molecular formula is C22H26FN3O4S. The van der Waals surface area contributed by atoms with Gasteiger partial charge in [-0.05, 0) is 50.6 Å². The minimum atomic E-state index is -3.68. The summed E-state index contributed by atoms with van der Waals surface area (Å²) in [5, 5.41) is 2.77. The molecular weight excluding hydrogens is 421 g/mol. The van der Waals surface area contributed by atoms with Gasteiger partial charge in [-0.2, -0.15) is 4.31 Å². The van der Waals surface area contributed by atoms with Gasteiger partial charge in [-0.3, -0.25) is 14.5 Å². The fourth-order valence-electron chi connectivity index (χ4n) is 3.62. The van der Waals surface area contributed by atoms with Crippen LogP contribution in [0.1, 0.15) is 25.0 Å². The number of amides is 2. The number of carbonyl (C=O) groups excluding carboxylic acids is 2. The number of carbonyl (C=O) groups is 2. The first-order chi connectivity index (χ1) is 14.6. The minimum absolute atomic E-state index is 0.116. The summed E-state index contributed by atoms with van der Waals surface area (Å²) >= 11 is 0. The number of sulfonamides is 1. The van der Waals surface area contributed by atoms with Crippen LogP contribution in [0, 0.1) is 12.7 Å². The molecule has 1 heterocycles. The second kappa shape index (κ2) is 8.76. The van der Waals surface area contributed by atoms with E-state index in [1.54, 1.807) is 31.2 Å². The second-order valence-corrected chi connectivity index (χ2v) is 10.1. The summed E-state index contributed by atoms with van der Waals surface area (Å²) in [6, 6.07) is 12.8. The Morgan fingerprint density at radius 3 is 2.32 bits per heavy atom. The van der Waals surface area contributed by atoms with Crippen LogP contribution < -0.4 is 10.2 Å². The smallest absolute Gasteiger partial charge is 0.247 e. The molecule has 1 N–H and O–H groups in total. The number of rotatable bonds is 6. The number of benzene rings is 2. The van der Waals surface area contributed by atoms with E-state index in [-0.39, 0.29) is 31.2 Å². The lowest BCUT2D eigenvalue weighted by molar-refractivity contribution is -0.133. The highest BCUT2D eigenvalue weighted by molar-refractivity contribution is 7.89. The molecule has 0 aliphatic carbocycles. The molecule has 31 heavy (non-hydrogen) atoms. The van der Waals surface area contributed by atoms with Crippen LogP contribution in [0.2, 0.25) is 0 Å². The predicted octanol–water partition coefficient (Wildman–Crippen LogP) is 2.21. The first-order valence-corrected chi connectivity index (χ1v) is 11.6.